The van der Waals surface area contributed by atoms with Crippen molar-refractivity contribution in [2.75, 3.05) is 30.8 Å². The summed E-state index contributed by atoms with van der Waals surface area (Å²) in [5.74, 6) is -2.16. The molecule has 2 rings (SSSR count). The van der Waals surface area contributed by atoms with Gasteiger partial charge in [-0.05, 0) is 18.2 Å². The summed E-state index contributed by atoms with van der Waals surface area (Å²) in [6.45, 7) is 0. The van der Waals surface area contributed by atoms with Gasteiger partial charge >= 0.3 is 0 Å². The molecule has 0 aliphatic heterocycles. The number of aromatic nitrogens is 2. The topological polar surface area (TPSA) is 84.4 Å². The fraction of sp³-hybridized carbons (Fsp3) is 0.231. The van der Waals surface area contributed by atoms with E-state index in [9.17, 15) is 17.2 Å². The first kappa shape index (κ1) is 16.9. The summed E-state index contributed by atoms with van der Waals surface area (Å²) < 4.78 is 58.3. The molecule has 0 aliphatic carbocycles. The number of hydrogen-bond acceptors (Lipinski definition) is 6. The molecule has 7 nitrogen and oxygen atoms in total. The Balaban J connectivity index is 2.50. The molecule has 0 bridgehead atoms. The Kier molecular flexibility index (Phi) is 4.64. The van der Waals surface area contributed by atoms with Gasteiger partial charge in [0.1, 0.15) is 6.33 Å². The van der Waals surface area contributed by atoms with Gasteiger partial charge in [0.25, 0.3) is 10.0 Å². The molecule has 0 atom stereocenters. The lowest BCUT2D eigenvalue weighted by Gasteiger charge is -2.18. The van der Waals surface area contributed by atoms with E-state index in [4.69, 9.17) is 4.74 Å². The molecule has 0 radical (unpaired) electrons. The van der Waals surface area contributed by atoms with E-state index in [2.05, 4.69) is 14.7 Å². The van der Waals surface area contributed by atoms with Gasteiger partial charge in [-0.3, -0.25) is 4.72 Å². The zero-order valence-electron chi connectivity index (χ0n) is 12.5. The van der Waals surface area contributed by atoms with E-state index < -0.39 is 26.6 Å². The van der Waals surface area contributed by atoms with Crippen molar-refractivity contribution in [3.05, 3.63) is 36.2 Å². The van der Waals surface area contributed by atoms with E-state index in [1.165, 1.54) is 13.4 Å². The normalized spacial score (nSPS) is 11.2. The van der Waals surface area contributed by atoms with E-state index in [1.807, 2.05) is 0 Å². The molecule has 2 aromatic rings. The average Bonchev–Trinajstić information content (AvgIpc) is 2.49. The van der Waals surface area contributed by atoms with Crippen LogP contribution in [0, 0.1) is 11.6 Å². The molecule has 10 heteroatoms. The SMILES string of the molecule is COc1ncnc(N(C)C)c1NS(=O)(=O)c1ccc(F)c(F)c1. The van der Waals surface area contributed by atoms with Crippen LogP contribution >= 0.6 is 0 Å². The highest BCUT2D eigenvalue weighted by molar-refractivity contribution is 7.92. The quantitative estimate of drug-likeness (QED) is 0.887. The van der Waals surface area contributed by atoms with E-state index >= 15 is 0 Å². The van der Waals surface area contributed by atoms with Crippen LogP contribution in [0.15, 0.2) is 29.4 Å². The van der Waals surface area contributed by atoms with Crippen molar-refractivity contribution in [3.63, 3.8) is 0 Å². The third kappa shape index (κ3) is 3.47. The lowest BCUT2D eigenvalue weighted by atomic mass is 10.3. The molecule has 124 valence electrons. The highest BCUT2D eigenvalue weighted by atomic mass is 32.2. The molecular formula is C13H14F2N4O3S. The highest BCUT2D eigenvalue weighted by Crippen LogP contribution is 2.32. The number of methoxy groups -OCH3 is 1. The summed E-state index contributed by atoms with van der Waals surface area (Å²) in [4.78, 5) is 8.91. The molecule has 0 unspecified atom stereocenters. The minimum absolute atomic E-state index is 0.00476. The molecule has 1 aromatic carbocycles. The minimum Gasteiger partial charge on any atom is -0.479 e. The maximum absolute atomic E-state index is 13.3. The van der Waals surface area contributed by atoms with Gasteiger partial charge in [-0.2, -0.15) is 4.98 Å². The second-order valence-corrected chi connectivity index (χ2v) is 6.34. The molecule has 0 spiro atoms. The van der Waals surface area contributed by atoms with Crippen LogP contribution in [-0.2, 0) is 10.0 Å². The van der Waals surface area contributed by atoms with Crippen LogP contribution in [0.2, 0.25) is 0 Å². The minimum atomic E-state index is -4.18. The van der Waals surface area contributed by atoms with Crippen molar-refractivity contribution in [2.24, 2.45) is 0 Å². The lowest BCUT2D eigenvalue weighted by Crippen LogP contribution is -2.19. The number of nitrogens with one attached hydrogen (secondary N) is 1. The van der Waals surface area contributed by atoms with Crippen molar-refractivity contribution < 1.29 is 21.9 Å². The summed E-state index contributed by atoms with van der Waals surface area (Å²) in [5, 5.41) is 0. The number of hydrogen-bond donors (Lipinski definition) is 1. The van der Waals surface area contributed by atoms with Crippen LogP contribution < -0.4 is 14.4 Å². The highest BCUT2D eigenvalue weighted by Gasteiger charge is 2.22. The lowest BCUT2D eigenvalue weighted by molar-refractivity contribution is 0.399. The standard InChI is InChI=1S/C13H14F2N4O3S/c1-19(2)12-11(13(22-3)17-7-16-12)18-23(20,21)8-4-5-9(14)10(15)6-8/h4-7,18H,1-3H3. The van der Waals surface area contributed by atoms with Crippen molar-refractivity contribution >= 4 is 21.5 Å². The van der Waals surface area contributed by atoms with Crippen LogP contribution in [-0.4, -0.2) is 39.6 Å². The summed E-state index contributed by atoms with van der Waals surface area (Å²) in [5.41, 5.74) is -0.00951. The van der Waals surface area contributed by atoms with E-state index in [0.29, 0.717) is 6.07 Å². The van der Waals surface area contributed by atoms with Gasteiger partial charge in [0.05, 0.1) is 12.0 Å². The first-order valence-electron chi connectivity index (χ1n) is 6.30. The number of sulfonamides is 1. The van der Waals surface area contributed by atoms with E-state index in [-0.39, 0.29) is 17.4 Å². The molecule has 1 N–H and O–H groups in total. The number of halogens is 2. The maximum atomic E-state index is 13.3. The Morgan fingerprint density at radius 3 is 2.43 bits per heavy atom. The fourth-order valence-electron chi connectivity index (χ4n) is 1.78. The summed E-state index contributed by atoms with van der Waals surface area (Å²) >= 11 is 0. The van der Waals surface area contributed by atoms with E-state index in [0.717, 1.165) is 12.1 Å². The molecule has 0 amide bonds. The van der Waals surface area contributed by atoms with Gasteiger partial charge in [0.2, 0.25) is 5.88 Å². The van der Waals surface area contributed by atoms with E-state index in [1.54, 1.807) is 19.0 Å². The van der Waals surface area contributed by atoms with Crippen LogP contribution in [0.3, 0.4) is 0 Å². The zero-order chi connectivity index (χ0) is 17.2. The Morgan fingerprint density at radius 2 is 1.87 bits per heavy atom. The average molecular weight is 344 g/mol. The Labute approximate surface area is 132 Å². The van der Waals surface area contributed by atoms with Crippen molar-refractivity contribution in [1.29, 1.82) is 0 Å². The van der Waals surface area contributed by atoms with Gasteiger partial charge in [-0.1, -0.05) is 0 Å². The fourth-order valence-corrected chi connectivity index (χ4v) is 2.85. The summed E-state index contributed by atoms with van der Waals surface area (Å²) in [7, 11) is 0.432. The van der Waals surface area contributed by atoms with Crippen LogP contribution in [0.4, 0.5) is 20.3 Å². The third-order valence-corrected chi connectivity index (χ3v) is 4.19. The monoisotopic (exact) mass is 344 g/mol. The molecule has 0 saturated carbocycles. The molecule has 23 heavy (non-hydrogen) atoms. The first-order valence-corrected chi connectivity index (χ1v) is 7.78. The van der Waals surface area contributed by atoms with Gasteiger partial charge in [0, 0.05) is 14.1 Å². The van der Waals surface area contributed by atoms with Crippen LogP contribution in [0.5, 0.6) is 5.88 Å². The predicted molar refractivity (Wildman–Crippen MR) is 80.1 cm³/mol. The number of anilines is 2. The first-order chi connectivity index (χ1) is 10.8. The molecule has 0 aliphatic rings. The molecular weight excluding hydrogens is 330 g/mol. The summed E-state index contributed by atoms with van der Waals surface area (Å²) in [6, 6.07) is 2.27. The molecule has 1 aromatic heterocycles. The smallest absolute Gasteiger partial charge is 0.262 e. The van der Waals surface area contributed by atoms with Gasteiger partial charge in [-0.25, -0.2) is 22.2 Å². The number of ether oxygens (including phenoxy) is 1. The van der Waals surface area contributed by atoms with Crippen LogP contribution in [0.25, 0.3) is 0 Å². The Hall–Kier alpha value is -2.49. The molecule has 1 heterocycles. The van der Waals surface area contributed by atoms with Crippen LogP contribution in [0.1, 0.15) is 0 Å². The second-order valence-electron chi connectivity index (χ2n) is 4.66. The molecule has 0 saturated heterocycles. The van der Waals surface area contributed by atoms with Crippen molar-refractivity contribution in [1.82, 2.24) is 9.97 Å². The number of rotatable bonds is 5. The third-order valence-electron chi connectivity index (χ3n) is 2.85. The van der Waals surface area contributed by atoms with Gasteiger partial charge < -0.3 is 9.64 Å². The second kappa shape index (κ2) is 6.32. The number of benzene rings is 1. The van der Waals surface area contributed by atoms with Crippen molar-refractivity contribution in [2.45, 2.75) is 4.90 Å². The van der Waals surface area contributed by atoms with Gasteiger partial charge in [-0.15, -0.1) is 0 Å². The zero-order valence-corrected chi connectivity index (χ0v) is 13.4. The van der Waals surface area contributed by atoms with Gasteiger partial charge in [0.15, 0.2) is 23.1 Å². The Bertz CT molecular complexity index is 828. The van der Waals surface area contributed by atoms with Crippen molar-refractivity contribution in [3.8, 4) is 5.88 Å². The summed E-state index contributed by atoms with van der Waals surface area (Å²) in [6.07, 6.45) is 1.21. The predicted octanol–water partition coefficient (Wildman–Crippen LogP) is 1.63. The largest absolute Gasteiger partial charge is 0.479 e. The Morgan fingerprint density at radius 1 is 1.17 bits per heavy atom. The number of nitrogens with zero attached hydrogens (tertiary/aromatic N) is 3. The maximum Gasteiger partial charge on any atom is 0.262 e. The molecule has 0 fully saturated rings.